The summed E-state index contributed by atoms with van der Waals surface area (Å²) in [5, 5.41) is 8.47. The number of thiol groups is 1. The molecule has 0 spiro atoms. The molecule has 42 valence electrons. The molecule has 0 aliphatic heterocycles. The molecule has 0 aromatic rings. The predicted molar refractivity (Wildman–Crippen MR) is 26.8 cm³/mol. The fourth-order valence-electron chi connectivity index (χ4n) is 0.115. The van der Waals surface area contributed by atoms with Gasteiger partial charge in [0, 0.05) is 5.75 Å². The van der Waals surface area contributed by atoms with E-state index in [9.17, 15) is 10.1 Å². The van der Waals surface area contributed by atoms with Crippen LogP contribution in [0.1, 0.15) is 0 Å². The van der Waals surface area contributed by atoms with Crippen LogP contribution in [-0.4, -0.2) is 17.4 Å². The second-order valence-electron chi connectivity index (χ2n) is 0.780. The quantitative estimate of drug-likeness (QED) is 0.329. The van der Waals surface area contributed by atoms with E-state index in [0.717, 1.165) is 0 Å². The van der Waals surface area contributed by atoms with Crippen molar-refractivity contribution in [3.05, 3.63) is 10.1 Å². The number of rotatable bonds is 3. The van der Waals surface area contributed by atoms with Crippen molar-refractivity contribution in [3.8, 4) is 0 Å². The lowest BCUT2D eigenvalue weighted by Gasteiger charge is -1.88. The molecule has 4 nitrogen and oxygen atoms in total. The summed E-state index contributed by atoms with van der Waals surface area (Å²) in [6.07, 6.45) is 0. The molecule has 7 heavy (non-hydrogen) atoms. The molecular weight excluding hydrogens is 118 g/mol. The van der Waals surface area contributed by atoms with Gasteiger partial charge in [0.05, 0.1) is 0 Å². The molecule has 0 amide bonds. The Morgan fingerprint density at radius 2 is 2.43 bits per heavy atom. The molecule has 0 rings (SSSR count). The maximum absolute atomic E-state index is 9.31. The zero-order valence-corrected chi connectivity index (χ0v) is 4.43. The third-order valence-electron chi connectivity index (χ3n) is 0.288. The Bertz CT molecular complexity index is 66.0. The lowest BCUT2D eigenvalue weighted by molar-refractivity contribution is -0.756. The highest BCUT2D eigenvalue weighted by atomic mass is 32.1. The van der Waals surface area contributed by atoms with Crippen LogP contribution in [0.5, 0.6) is 0 Å². The largest absolute Gasteiger partial charge is 0.313 e. The molecule has 0 heterocycles. The van der Waals surface area contributed by atoms with E-state index >= 15 is 0 Å². The summed E-state index contributed by atoms with van der Waals surface area (Å²) in [6, 6.07) is 0. The third-order valence-corrected chi connectivity index (χ3v) is 0.471. The zero-order valence-electron chi connectivity index (χ0n) is 3.53. The molecular formula is C2H5NO3S. The van der Waals surface area contributed by atoms with E-state index in [2.05, 4.69) is 17.5 Å². The van der Waals surface area contributed by atoms with Crippen LogP contribution in [-0.2, 0) is 4.84 Å². The minimum Gasteiger partial charge on any atom is -0.313 e. The summed E-state index contributed by atoms with van der Waals surface area (Å²) < 4.78 is 0. The van der Waals surface area contributed by atoms with E-state index in [0.29, 0.717) is 5.75 Å². The second-order valence-corrected chi connectivity index (χ2v) is 1.23. The Balaban J connectivity index is 2.82. The first kappa shape index (κ1) is 6.55. The summed E-state index contributed by atoms with van der Waals surface area (Å²) >= 11 is 3.67. The van der Waals surface area contributed by atoms with Crippen LogP contribution >= 0.6 is 12.6 Å². The molecule has 0 aromatic carbocycles. The van der Waals surface area contributed by atoms with Gasteiger partial charge in [0.1, 0.15) is 6.61 Å². The van der Waals surface area contributed by atoms with Crippen LogP contribution in [0.25, 0.3) is 0 Å². The smallest absolute Gasteiger partial charge is 0.294 e. The van der Waals surface area contributed by atoms with E-state index in [1.54, 1.807) is 0 Å². The lowest BCUT2D eigenvalue weighted by Crippen LogP contribution is -2.02. The maximum Gasteiger partial charge on any atom is 0.294 e. The molecule has 0 radical (unpaired) electrons. The topological polar surface area (TPSA) is 52.4 Å². The van der Waals surface area contributed by atoms with Crippen LogP contribution in [0.3, 0.4) is 0 Å². The Labute approximate surface area is 46.0 Å². The minimum absolute atomic E-state index is 0.0656. The summed E-state index contributed by atoms with van der Waals surface area (Å²) in [5.74, 6) is 0.376. The van der Waals surface area contributed by atoms with E-state index in [-0.39, 0.29) is 6.61 Å². The van der Waals surface area contributed by atoms with Crippen LogP contribution in [0.2, 0.25) is 0 Å². The van der Waals surface area contributed by atoms with Crippen molar-refractivity contribution >= 4 is 12.6 Å². The van der Waals surface area contributed by atoms with Crippen molar-refractivity contribution in [3.63, 3.8) is 0 Å². The minimum atomic E-state index is -0.837. The van der Waals surface area contributed by atoms with Crippen molar-refractivity contribution in [1.82, 2.24) is 0 Å². The molecule has 0 N–H and O–H groups in total. The van der Waals surface area contributed by atoms with E-state index in [4.69, 9.17) is 0 Å². The standard InChI is InChI=1S/C2H5NO3S/c4-3(5)6-1-2-7/h7H,1-2H2. The van der Waals surface area contributed by atoms with Crippen molar-refractivity contribution < 1.29 is 9.92 Å². The van der Waals surface area contributed by atoms with Gasteiger partial charge in [-0.05, 0) is 0 Å². The molecule has 0 saturated carbocycles. The average Bonchev–Trinajstić information content (AvgIpc) is 1.61. The molecule has 0 saturated heterocycles. The number of nitrogens with zero attached hydrogens (tertiary/aromatic N) is 1. The van der Waals surface area contributed by atoms with Crippen molar-refractivity contribution in [1.29, 1.82) is 0 Å². The maximum atomic E-state index is 9.31. The van der Waals surface area contributed by atoms with E-state index in [1.165, 1.54) is 0 Å². The van der Waals surface area contributed by atoms with Crippen LogP contribution in [0, 0.1) is 10.1 Å². The van der Waals surface area contributed by atoms with Crippen molar-refractivity contribution in [2.45, 2.75) is 0 Å². The molecule has 0 bridgehead atoms. The van der Waals surface area contributed by atoms with E-state index in [1.807, 2.05) is 0 Å². The van der Waals surface area contributed by atoms with Gasteiger partial charge in [-0.1, -0.05) is 0 Å². The summed E-state index contributed by atoms with van der Waals surface area (Å²) in [7, 11) is 0. The lowest BCUT2D eigenvalue weighted by atomic mass is 10.9. The SMILES string of the molecule is O=[N+]([O-])OCCS. The number of hydrogen-bond acceptors (Lipinski definition) is 4. The Hall–Kier alpha value is -0.450. The molecule has 0 fully saturated rings. The van der Waals surface area contributed by atoms with Crippen LogP contribution in [0.4, 0.5) is 0 Å². The van der Waals surface area contributed by atoms with Crippen LogP contribution in [0.15, 0.2) is 0 Å². The van der Waals surface area contributed by atoms with Gasteiger partial charge in [-0.2, -0.15) is 12.6 Å². The first-order valence-electron chi connectivity index (χ1n) is 1.65. The van der Waals surface area contributed by atoms with Gasteiger partial charge in [0.15, 0.2) is 0 Å². The first-order chi connectivity index (χ1) is 3.27. The number of hydrogen-bond donors (Lipinski definition) is 1. The fraction of sp³-hybridized carbons (Fsp3) is 1.00. The Morgan fingerprint density at radius 1 is 1.86 bits per heavy atom. The van der Waals surface area contributed by atoms with Gasteiger partial charge in [0.25, 0.3) is 5.09 Å². The second kappa shape index (κ2) is 3.73. The molecule has 5 heteroatoms. The van der Waals surface area contributed by atoms with Crippen molar-refractivity contribution in [2.75, 3.05) is 12.4 Å². The van der Waals surface area contributed by atoms with E-state index < -0.39 is 5.09 Å². The van der Waals surface area contributed by atoms with Gasteiger partial charge in [-0.3, -0.25) is 0 Å². The van der Waals surface area contributed by atoms with Gasteiger partial charge >= 0.3 is 0 Å². The average molecular weight is 123 g/mol. The van der Waals surface area contributed by atoms with Gasteiger partial charge < -0.3 is 4.84 Å². The highest BCUT2D eigenvalue weighted by Crippen LogP contribution is 1.75. The van der Waals surface area contributed by atoms with Crippen molar-refractivity contribution in [2.24, 2.45) is 0 Å². The molecule has 0 aromatic heterocycles. The van der Waals surface area contributed by atoms with Gasteiger partial charge in [-0.15, -0.1) is 10.1 Å². The molecule has 0 atom stereocenters. The van der Waals surface area contributed by atoms with Gasteiger partial charge in [-0.25, -0.2) is 0 Å². The molecule has 0 aliphatic rings. The highest BCUT2D eigenvalue weighted by molar-refractivity contribution is 7.80. The first-order valence-corrected chi connectivity index (χ1v) is 2.29. The Kier molecular flexibility index (Phi) is 3.49. The molecule has 0 aliphatic carbocycles. The summed E-state index contributed by atoms with van der Waals surface area (Å²) in [5.41, 5.74) is 0. The van der Waals surface area contributed by atoms with Gasteiger partial charge in [0.2, 0.25) is 0 Å². The monoisotopic (exact) mass is 123 g/mol. The Morgan fingerprint density at radius 3 is 2.57 bits per heavy atom. The van der Waals surface area contributed by atoms with Crippen LogP contribution < -0.4 is 0 Å². The fourth-order valence-corrected chi connectivity index (χ4v) is 0.197. The summed E-state index contributed by atoms with van der Waals surface area (Å²) in [4.78, 5) is 13.1. The predicted octanol–water partition coefficient (Wildman–Crippen LogP) is 0.124. The summed E-state index contributed by atoms with van der Waals surface area (Å²) in [6.45, 7) is 0.0656. The molecule has 0 unspecified atom stereocenters. The zero-order chi connectivity index (χ0) is 5.70. The normalized spacial score (nSPS) is 8.14. The third kappa shape index (κ3) is 5.55. The highest BCUT2D eigenvalue weighted by Gasteiger charge is 1.87.